The summed E-state index contributed by atoms with van der Waals surface area (Å²) in [6, 6.07) is 3.77. The molecule has 3 heterocycles. The van der Waals surface area contributed by atoms with Gasteiger partial charge in [-0.2, -0.15) is 0 Å². The van der Waals surface area contributed by atoms with Crippen molar-refractivity contribution in [3.8, 4) is 0 Å². The van der Waals surface area contributed by atoms with E-state index in [4.69, 9.17) is 0 Å². The molecule has 1 amide bonds. The summed E-state index contributed by atoms with van der Waals surface area (Å²) in [5.41, 5.74) is 0.925. The first-order valence-electron chi connectivity index (χ1n) is 7.21. The van der Waals surface area contributed by atoms with E-state index in [1.54, 1.807) is 43.1 Å². The lowest BCUT2D eigenvalue weighted by Crippen LogP contribution is -2.48. The van der Waals surface area contributed by atoms with Gasteiger partial charge in [0.25, 0.3) is 0 Å². The lowest BCUT2D eigenvalue weighted by Gasteiger charge is -2.34. The van der Waals surface area contributed by atoms with E-state index in [0.29, 0.717) is 13.1 Å². The molecule has 0 aliphatic carbocycles. The molecule has 6 heteroatoms. The van der Waals surface area contributed by atoms with Crippen molar-refractivity contribution in [2.75, 3.05) is 31.1 Å². The number of rotatable bonds is 3. The van der Waals surface area contributed by atoms with Crippen LogP contribution in [0.2, 0.25) is 0 Å². The Morgan fingerprint density at radius 1 is 1.05 bits per heavy atom. The number of hydrogen-bond acceptors (Lipinski definition) is 5. The lowest BCUT2D eigenvalue weighted by atomic mass is 10.2. The van der Waals surface area contributed by atoms with E-state index in [1.807, 2.05) is 17.0 Å². The number of anilines is 1. The number of carbonyl (C=O) groups excluding carboxylic acids is 1. The van der Waals surface area contributed by atoms with Crippen LogP contribution in [0, 0.1) is 0 Å². The van der Waals surface area contributed by atoms with Gasteiger partial charge in [0.15, 0.2) is 0 Å². The molecule has 0 atom stereocenters. The summed E-state index contributed by atoms with van der Waals surface area (Å²) >= 11 is 0. The van der Waals surface area contributed by atoms with Crippen LogP contribution in [-0.2, 0) is 4.79 Å². The zero-order chi connectivity index (χ0) is 15.2. The minimum absolute atomic E-state index is 0.0302. The Morgan fingerprint density at radius 3 is 2.55 bits per heavy atom. The summed E-state index contributed by atoms with van der Waals surface area (Å²) in [7, 11) is 0. The van der Waals surface area contributed by atoms with E-state index in [-0.39, 0.29) is 5.91 Å². The maximum Gasteiger partial charge on any atom is 0.246 e. The first-order valence-corrected chi connectivity index (χ1v) is 7.21. The van der Waals surface area contributed by atoms with Gasteiger partial charge in [0.1, 0.15) is 5.82 Å². The van der Waals surface area contributed by atoms with Crippen LogP contribution >= 0.6 is 0 Å². The second-order valence-corrected chi connectivity index (χ2v) is 5.00. The first-order chi connectivity index (χ1) is 10.8. The van der Waals surface area contributed by atoms with Gasteiger partial charge >= 0.3 is 0 Å². The molecule has 0 spiro atoms. The first kappa shape index (κ1) is 14.2. The highest BCUT2D eigenvalue weighted by atomic mass is 16.2. The normalized spacial score (nSPS) is 15.3. The molecule has 2 aromatic rings. The fraction of sp³-hybridized carbons (Fsp3) is 0.250. The molecule has 6 nitrogen and oxygen atoms in total. The van der Waals surface area contributed by atoms with E-state index in [1.165, 1.54) is 0 Å². The van der Waals surface area contributed by atoms with Crippen molar-refractivity contribution in [3.63, 3.8) is 0 Å². The Morgan fingerprint density at radius 2 is 1.86 bits per heavy atom. The Bertz CT molecular complexity index is 636. The van der Waals surface area contributed by atoms with E-state index >= 15 is 0 Å². The van der Waals surface area contributed by atoms with Crippen LogP contribution in [0.15, 0.2) is 49.2 Å². The minimum Gasteiger partial charge on any atom is -0.352 e. The highest BCUT2D eigenvalue weighted by Gasteiger charge is 2.20. The molecule has 1 saturated heterocycles. The minimum atomic E-state index is 0.0302. The van der Waals surface area contributed by atoms with E-state index < -0.39 is 0 Å². The van der Waals surface area contributed by atoms with Gasteiger partial charge in [-0.05, 0) is 17.7 Å². The van der Waals surface area contributed by atoms with E-state index in [2.05, 4.69) is 19.9 Å². The van der Waals surface area contributed by atoms with Crippen molar-refractivity contribution < 1.29 is 4.79 Å². The van der Waals surface area contributed by atoms with Gasteiger partial charge in [-0.3, -0.25) is 14.8 Å². The van der Waals surface area contributed by atoms with Crippen molar-refractivity contribution in [2.45, 2.75) is 0 Å². The lowest BCUT2D eigenvalue weighted by molar-refractivity contribution is -0.126. The topological polar surface area (TPSA) is 62.2 Å². The molecule has 0 radical (unpaired) electrons. The molecule has 3 rings (SSSR count). The largest absolute Gasteiger partial charge is 0.352 e. The van der Waals surface area contributed by atoms with Crippen molar-refractivity contribution in [3.05, 3.63) is 54.8 Å². The Hall–Kier alpha value is -2.76. The van der Waals surface area contributed by atoms with Gasteiger partial charge in [0.2, 0.25) is 5.91 Å². The Kier molecular flexibility index (Phi) is 4.38. The summed E-state index contributed by atoms with van der Waals surface area (Å²) in [5.74, 6) is 0.892. The molecule has 112 valence electrons. The zero-order valence-electron chi connectivity index (χ0n) is 12.2. The van der Waals surface area contributed by atoms with Crippen LogP contribution in [0.5, 0.6) is 0 Å². The number of amides is 1. The summed E-state index contributed by atoms with van der Waals surface area (Å²) in [4.78, 5) is 28.6. The van der Waals surface area contributed by atoms with E-state index in [0.717, 1.165) is 24.5 Å². The SMILES string of the molecule is O=C(/C=C/c1cccnc1)N1CCN(c2cnccn2)CC1. The second-order valence-electron chi connectivity index (χ2n) is 5.00. The summed E-state index contributed by atoms with van der Waals surface area (Å²) in [5, 5.41) is 0. The molecule has 0 saturated carbocycles. The van der Waals surface area contributed by atoms with Gasteiger partial charge in [-0.25, -0.2) is 4.98 Å². The van der Waals surface area contributed by atoms with Crippen LogP contribution < -0.4 is 4.90 Å². The van der Waals surface area contributed by atoms with Gasteiger partial charge in [-0.1, -0.05) is 6.07 Å². The predicted molar refractivity (Wildman–Crippen MR) is 84.1 cm³/mol. The fourth-order valence-electron chi connectivity index (χ4n) is 2.36. The molecule has 1 fully saturated rings. The molecular formula is C16H17N5O. The Labute approximate surface area is 129 Å². The molecular weight excluding hydrogens is 278 g/mol. The maximum absolute atomic E-state index is 12.2. The molecule has 22 heavy (non-hydrogen) atoms. The average molecular weight is 295 g/mol. The molecule has 0 unspecified atom stereocenters. The van der Waals surface area contributed by atoms with Gasteiger partial charge in [-0.15, -0.1) is 0 Å². The maximum atomic E-state index is 12.2. The molecule has 0 aromatic carbocycles. The third-order valence-electron chi connectivity index (χ3n) is 3.57. The second kappa shape index (κ2) is 6.80. The number of carbonyl (C=O) groups is 1. The smallest absolute Gasteiger partial charge is 0.246 e. The van der Waals surface area contributed by atoms with Crippen molar-refractivity contribution >= 4 is 17.8 Å². The number of piperazine rings is 1. The van der Waals surface area contributed by atoms with Gasteiger partial charge < -0.3 is 9.80 Å². The summed E-state index contributed by atoms with van der Waals surface area (Å²) < 4.78 is 0. The quantitative estimate of drug-likeness (QED) is 0.797. The van der Waals surface area contributed by atoms with Crippen LogP contribution in [-0.4, -0.2) is 51.9 Å². The Balaban J connectivity index is 1.55. The molecule has 0 N–H and O–H groups in total. The third kappa shape index (κ3) is 3.46. The standard InChI is InChI=1S/C16H17N5O/c22-16(4-3-14-2-1-5-17-12-14)21-10-8-20(9-11-21)15-13-18-6-7-19-15/h1-7,12-13H,8-11H2/b4-3+. The van der Waals surface area contributed by atoms with Crippen molar-refractivity contribution in [1.82, 2.24) is 19.9 Å². The van der Waals surface area contributed by atoms with Gasteiger partial charge in [0.05, 0.1) is 6.20 Å². The molecule has 1 aliphatic rings. The van der Waals surface area contributed by atoms with Crippen molar-refractivity contribution in [1.29, 1.82) is 0 Å². The number of aromatic nitrogens is 3. The molecule has 0 bridgehead atoms. The molecule has 1 aliphatic heterocycles. The van der Waals surface area contributed by atoms with E-state index in [9.17, 15) is 4.79 Å². The summed E-state index contributed by atoms with van der Waals surface area (Å²) in [6.07, 6.45) is 11.9. The highest BCUT2D eigenvalue weighted by molar-refractivity contribution is 5.91. The van der Waals surface area contributed by atoms with Crippen LogP contribution in [0.4, 0.5) is 5.82 Å². The molecule has 2 aromatic heterocycles. The van der Waals surface area contributed by atoms with Crippen LogP contribution in [0.3, 0.4) is 0 Å². The average Bonchev–Trinajstić information content (AvgIpc) is 2.61. The number of nitrogens with zero attached hydrogens (tertiary/aromatic N) is 5. The van der Waals surface area contributed by atoms with Crippen LogP contribution in [0.1, 0.15) is 5.56 Å². The highest BCUT2D eigenvalue weighted by Crippen LogP contribution is 2.12. The number of pyridine rings is 1. The van der Waals surface area contributed by atoms with Crippen LogP contribution in [0.25, 0.3) is 6.08 Å². The monoisotopic (exact) mass is 295 g/mol. The number of hydrogen-bond donors (Lipinski definition) is 0. The van der Waals surface area contributed by atoms with Gasteiger partial charge in [0, 0.05) is 57.0 Å². The summed E-state index contributed by atoms with van der Waals surface area (Å²) in [6.45, 7) is 2.91. The fourth-order valence-corrected chi connectivity index (χ4v) is 2.36. The van der Waals surface area contributed by atoms with Crippen molar-refractivity contribution in [2.24, 2.45) is 0 Å². The zero-order valence-corrected chi connectivity index (χ0v) is 12.2. The predicted octanol–water partition coefficient (Wildman–Crippen LogP) is 1.23. The third-order valence-corrected chi connectivity index (χ3v) is 3.57.